The highest BCUT2D eigenvalue weighted by Gasteiger charge is 2.24. The van der Waals surface area contributed by atoms with Gasteiger partial charge in [0.05, 0.1) is 9.59 Å². The second-order valence-corrected chi connectivity index (χ2v) is 7.57. The lowest BCUT2D eigenvalue weighted by atomic mass is 10.1. The van der Waals surface area contributed by atoms with Crippen LogP contribution in [0, 0.1) is 0 Å². The molecule has 0 saturated heterocycles. The third kappa shape index (κ3) is 3.91. The third-order valence-corrected chi connectivity index (χ3v) is 5.98. The van der Waals surface area contributed by atoms with Gasteiger partial charge in [-0.3, -0.25) is 4.57 Å². The Morgan fingerprint density at radius 1 is 1.52 bits per heavy atom. The summed E-state index contributed by atoms with van der Waals surface area (Å²) in [4.78, 5) is 12.9. The number of nitrogens with zero attached hydrogens (tertiary/aromatic N) is 2. The van der Waals surface area contributed by atoms with E-state index in [2.05, 4.69) is 17.1 Å². The highest BCUT2D eigenvalue weighted by molar-refractivity contribution is 7.99. The summed E-state index contributed by atoms with van der Waals surface area (Å²) in [6, 6.07) is 3.85. The van der Waals surface area contributed by atoms with Gasteiger partial charge in [-0.2, -0.15) is 0 Å². The molecule has 2 atom stereocenters. The summed E-state index contributed by atoms with van der Waals surface area (Å²) in [5.74, 6) is 0. The number of H-pyrrole nitrogens is 1. The molecule has 2 heterocycles. The fourth-order valence-electron chi connectivity index (χ4n) is 1.98. The highest BCUT2D eigenvalue weighted by atomic mass is 35.5. The standard InChI is InChI=1S/C13H19ClN4OS2/c1-3-7-18-12(19)16-17-13(18)21-11(8(15)4-2)9-5-6-10(14)20-9/h5-6,8,11H,3-4,7,15H2,1-2H3,(H,16,19). The van der Waals surface area contributed by atoms with Crippen molar-refractivity contribution in [2.75, 3.05) is 0 Å². The number of rotatable bonds is 7. The van der Waals surface area contributed by atoms with E-state index in [1.54, 1.807) is 4.57 Å². The lowest BCUT2D eigenvalue weighted by Crippen LogP contribution is -2.26. The van der Waals surface area contributed by atoms with Gasteiger partial charge in [0.2, 0.25) is 0 Å². The predicted molar refractivity (Wildman–Crippen MR) is 89.3 cm³/mol. The van der Waals surface area contributed by atoms with Crippen molar-refractivity contribution in [3.63, 3.8) is 0 Å². The molecule has 0 radical (unpaired) electrons. The Hall–Kier alpha value is -0.760. The zero-order chi connectivity index (χ0) is 15.4. The molecule has 0 amide bonds. The molecule has 5 nitrogen and oxygen atoms in total. The van der Waals surface area contributed by atoms with E-state index < -0.39 is 0 Å². The first-order valence-corrected chi connectivity index (χ1v) is 8.96. The van der Waals surface area contributed by atoms with Crippen LogP contribution < -0.4 is 11.4 Å². The molecule has 0 aliphatic heterocycles. The molecule has 21 heavy (non-hydrogen) atoms. The molecule has 0 spiro atoms. The summed E-state index contributed by atoms with van der Waals surface area (Å²) in [6.07, 6.45) is 1.72. The van der Waals surface area contributed by atoms with Gasteiger partial charge in [0.15, 0.2) is 5.16 Å². The van der Waals surface area contributed by atoms with Crippen LogP contribution in [-0.2, 0) is 6.54 Å². The topological polar surface area (TPSA) is 76.7 Å². The second kappa shape index (κ2) is 7.49. The number of thioether (sulfide) groups is 1. The Labute approximate surface area is 136 Å². The first-order valence-electron chi connectivity index (χ1n) is 6.89. The second-order valence-electron chi connectivity index (χ2n) is 4.72. The zero-order valence-electron chi connectivity index (χ0n) is 12.0. The molecule has 3 N–H and O–H groups in total. The summed E-state index contributed by atoms with van der Waals surface area (Å²) < 4.78 is 2.40. The fraction of sp³-hybridized carbons (Fsp3) is 0.538. The van der Waals surface area contributed by atoms with Crippen molar-refractivity contribution in [1.29, 1.82) is 0 Å². The van der Waals surface area contributed by atoms with Gasteiger partial charge in [-0.1, -0.05) is 37.2 Å². The molecule has 2 rings (SSSR count). The maximum absolute atomic E-state index is 11.8. The van der Waals surface area contributed by atoms with Gasteiger partial charge < -0.3 is 5.73 Å². The summed E-state index contributed by atoms with van der Waals surface area (Å²) in [5.41, 5.74) is 6.08. The number of hydrogen-bond acceptors (Lipinski definition) is 5. The van der Waals surface area contributed by atoms with Crippen LogP contribution in [0.3, 0.4) is 0 Å². The van der Waals surface area contributed by atoms with E-state index in [4.69, 9.17) is 17.3 Å². The number of aromatic nitrogens is 3. The molecule has 0 fully saturated rings. The van der Waals surface area contributed by atoms with Crippen LogP contribution >= 0.6 is 34.7 Å². The van der Waals surface area contributed by atoms with Crippen molar-refractivity contribution in [2.45, 2.75) is 49.7 Å². The van der Waals surface area contributed by atoms with Crippen molar-refractivity contribution in [3.05, 3.63) is 31.8 Å². The monoisotopic (exact) mass is 346 g/mol. The lowest BCUT2D eigenvalue weighted by Gasteiger charge is -2.20. The minimum absolute atomic E-state index is 0.0217. The van der Waals surface area contributed by atoms with Gasteiger partial charge in [0, 0.05) is 17.5 Å². The summed E-state index contributed by atoms with van der Waals surface area (Å²) >= 11 is 9.08. The fourth-order valence-corrected chi connectivity index (χ4v) is 4.58. The quantitative estimate of drug-likeness (QED) is 0.754. The van der Waals surface area contributed by atoms with E-state index in [9.17, 15) is 4.79 Å². The summed E-state index contributed by atoms with van der Waals surface area (Å²) in [6.45, 7) is 4.73. The first kappa shape index (κ1) is 16.6. The molecule has 2 unspecified atom stereocenters. The number of aromatic amines is 1. The Morgan fingerprint density at radius 2 is 2.29 bits per heavy atom. The molecule has 2 aromatic rings. The predicted octanol–water partition coefficient (Wildman–Crippen LogP) is 3.27. The van der Waals surface area contributed by atoms with Crippen LogP contribution in [0.4, 0.5) is 0 Å². The lowest BCUT2D eigenvalue weighted by molar-refractivity contribution is 0.596. The number of nitrogens with one attached hydrogen (secondary N) is 1. The number of nitrogens with two attached hydrogens (primary N) is 1. The molecule has 8 heteroatoms. The van der Waals surface area contributed by atoms with Gasteiger partial charge in [0.25, 0.3) is 0 Å². The van der Waals surface area contributed by atoms with E-state index in [1.165, 1.54) is 23.1 Å². The largest absolute Gasteiger partial charge is 0.343 e. The SMILES string of the molecule is CCCn1c(SC(c2ccc(Cl)s2)C(N)CC)n[nH]c1=O. The average molecular weight is 347 g/mol. The Balaban J connectivity index is 2.29. The zero-order valence-corrected chi connectivity index (χ0v) is 14.4. The minimum Gasteiger partial charge on any atom is -0.326 e. The Bertz CT molecular complexity index is 636. The van der Waals surface area contributed by atoms with Crippen molar-refractivity contribution < 1.29 is 0 Å². The van der Waals surface area contributed by atoms with Crippen molar-refractivity contribution in [1.82, 2.24) is 14.8 Å². The number of hydrogen-bond donors (Lipinski definition) is 2. The number of thiophene rings is 1. The maximum Gasteiger partial charge on any atom is 0.343 e. The van der Waals surface area contributed by atoms with Gasteiger partial charge in [-0.15, -0.1) is 16.4 Å². The summed E-state index contributed by atoms with van der Waals surface area (Å²) in [7, 11) is 0. The molecule has 116 valence electrons. The van der Waals surface area contributed by atoms with Crippen LogP contribution in [0.5, 0.6) is 0 Å². The van der Waals surface area contributed by atoms with Gasteiger partial charge >= 0.3 is 5.69 Å². The van der Waals surface area contributed by atoms with Gasteiger partial charge in [-0.05, 0) is 25.0 Å². The highest BCUT2D eigenvalue weighted by Crippen LogP contribution is 2.41. The molecule has 0 aliphatic carbocycles. The smallest absolute Gasteiger partial charge is 0.326 e. The number of halogens is 1. The van der Waals surface area contributed by atoms with E-state index >= 15 is 0 Å². The molecule has 0 bridgehead atoms. The van der Waals surface area contributed by atoms with Crippen LogP contribution in [0.15, 0.2) is 22.1 Å². The first-order chi connectivity index (χ1) is 10.1. The summed E-state index contributed by atoms with van der Waals surface area (Å²) in [5, 5.41) is 7.36. The molecule has 0 aromatic carbocycles. The van der Waals surface area contributed by atoms with Crippen LogP contribution in [-0.4, -0.2) is 20.8 Å². The minimum atomic E-state index is -0.174. The molecule has 0 aliphatic rings. The van der Waals surface area contributed by atoms with E-state index in [1.807, 2.05) is 19.1 Å². The van der Waals surface area contributed by atoms with E-state index in [0.29, 0.717) is 11.7 Å². The molecule has 0 saturated carbocycles. The average Bonchev–Trinajstić information content (AvgIpc) is 3.04. The molecular weight excluding hydrogens is 328 g/mol. The van der Waals surface area contributed by atoms with E-state index in [-0.39, 0.29) is 17.0 Å². The third-order valence-electron chi connectivity index (χ3n) is 3.14. The van der Waals surface area contributed by atoms with Crippen molar-refractivity contribution in [3.8, 4) is 0 Å². The van der Waals surface area contributed by atoms with Crippen molar-refractivity contribution >= 4 is 34.7 Å². The van der Waals surface area contributed by atoms with Crippen molar-refractivity contribution in [2.24, 2.45) is 5.73 Å². The maximum atomic E-state index is 11.8. The van der Waals surface area contributed by atoms with Crippen LogP contribution in [0.25, 0.3) is 0 Å². The van der Waals surface area contributed by atoms with E-state index in [0.717, 1.165) is 22.1 Å². The van der Waals surface area contributed by atoms with Crippen LogP contribution in [0.2, 0.25) is 4.34 Å². The van der Waals surface area contributed by atoms with Gasteiger partial charge in [-0.25, -0.2) is 9.89 Å². The Morgan fingerprint density at radius 3 is 2.86 bits per heavy atom. The molecular formula is C13H19ClN4OS2. The molecule has 2 aromatic heterocycles. The van der Waals surface area contributed by atoms with Gasteiger partial charge in [0.1, 0.15) is 0 Å². The Kier molecular flexibility index (Phi) is 5.92. The normalized spacial score (nSPS) is 14.3. The van der Waals surface area contributed by atoms with Crippen LogP contribution in [0.1, 0.15) is 36.8 Å².